The minimum atomic E-state index is -1.39. The highest BCUT2D eigenvalue weighted by molar-refractivity contribution is 8.13. The summed E-state index contributed by atoms with van der Waals surface area (Å²) in [5, 5.41) is 32.4. The van der Waals surface area contributed by atoms with Crippen molar-refractivity contribution >= 4 is 22.8 Å². The Kier molecular flexibility index (Phi) is 4.76. The molecule has 1 unspecified atom stereocenters. The van der Waals surface area contributed by atoms with E-state index in [4.69, 9.17) is 5.21 Å². The number of carboxylic acids is 1. The molecular formula is C9H15N3O5S. The summed E-state index contributed by atoms with van der Waals surface area (Å²) in [6, 6.07) is 0. The summed E-state index contributed by atoms with van der Waals surface area (Å²) < 4.78 is 0. The molecule has 1 aliphatic heterocycles. The number of carbonyl (C=O) groups excluding carboxylic acids is 1. The average molecular weight is 277 g/mol. The Hall–Kier alpha value is -1.51. The normalized spacial score (nSPS) is 24.3. The van der Waals surface area contributed by atoms with Gasteiger partial charge < -0.3 is 15.5 Å². The van der Waals surface area contributed by atoms with Gasteiger partial charge in [0.25, 0.3) is 0 Å². The third kappa shape index (κ3) is 2.84. The summed E-state index contributed by atoms with van der Waals surface area (Å²) in [6.07, 6.45) is 0.946. The lowest BCUT2D eigenvalue weighted by Crippen LogP contribution is -2.53. The first-order valence-corrected chi connectivity index (χ1v) is 6.39. The molecule has 0 aromatic carbocycles. The lowest BCUT2D eigenvalue weighted by molar-refractivity contribution is -0.718. The molecule has 0 spiro atoms. The number of carbonyl (C=O) groups is 2. The molecule has 102 valence electrons. The van der Waals surface area contributed by atoms with E-state index in [1.54, 1.807) is 0 Å². The fraction of sp³-hybridized carbons (Fsp3) is 0.778. The van der Waals surface area contributed by atoms with Crippen molar-refractivity contribution in [3.63, 3.8) is 0 Å². The Morgan fingerprint density at radius 1 is 1.61 bits per heavy atom. The number of hydrogen-bond donors (Lipinski definition) is 2. The van der Waals surface area contributed by atoms with Crippen molar-refractivity contribution in [1.29, 1.82) is 0 Å². The van der Waals surface area contributed by atoms with Gasteiger partial charge >= 0.3 is 5.97 Å². The van der Waals surface area contributed by atoms with Gasteiger partial charge in [0.2, 0.25) is 5.28 Å². The zero-order chi connectivity index (χ0) is 13.8. The van der Waals surface area contributed by atoms with Gasteiger partial charge in [-0.3, -0.25) is 4.79 Å². The van der Waals surface area contributed by atoms with Crippen LogP contribution in [0.15, 0.2) is 5.28 Å². The van der Waals surface area contributed by atoms with Crippen LogP contribution in [0.25, 0.3) is 0 Å². The predicted molar refractivity (Wildman–Crippen MR) is 61.9 cm³/mol. The van der Waals surface area contributed by atoms with Crippen molar-refractivity contribution in [2.75, 3.05) is 12.3 Å². The van der Waals surface area contributed by atoms with Gasteiger partial charge in [-0.15, -0.1) is 5.01 Å². The molecule has 1 rings (SSSR count). The molecule has 0 amide bonds. The predicted octanol–water partition coefficient (Wildman–Crippen LogP) is 0.842. The van der Waals surface area contributed by atoms with Crippen LogP contribution in [0.5, 0.6) is 0 Å². The largest absolute Gasteiger partial charge is 0.569 e. The molecule has 0 aromatic rings. The van der Waals surface area contributed by atoms with Gasteiger partial charge in [0.1, 0.15) is 0 Å². The Morgan fingerprint density at radius 3 is 2.78 bits per heavy atom. The maximum absolute atomic E-state index is 11.4. The molecule has 0 radical (unpaired) electrons. The molecule has 0 aromatic heterocycles. The van der Waals surface area contributed by atoms with Gasteiger partial charge in [0.05, 0.1) is 11.5 Å². The summed E-state index contributed by atoms with van der Waals surface area (Å²) in [4.78, 5) is 22.1. The maximum atomic E-state index is 11.4. The lowest BCUT2D eigenvalue weighted by atomic mass is 9.94. The van der Waals surface area contributed by atoms with E-state index in [-0.39, 0.29) is 29.5 Å². The van der Waals surface area contributed by atoms with Crippen molar-refractivity contribution in [3.05, 3.63) is 5.21 Å². The fourth-order valence-corrected chi connectivity index (χ4v) is 2.83. The smallest absolute Gasteiger partial charge is 0.335 e. The molecule has 1 aliphatic rings. The number of thioether (sulfide) groups is 1. The van der Waals surface area contributed by atoms with E-state index in [0.717, 1.165) is 16.8 Å². The van der Waals surface area contributed by atoms with E-state index in [2.05, 4.69) is 5.28 Å². The van der Waals surface area contributed by atoms with E-state index in [1.807, 2.05) is 0 Å². The molecule has 1 heterocycles. The topological polar surface area (TPSA) is 116 Å². The van der Waals surface area contributed by atoms with Crippen LogP contribution in [0.3, 0.4) is 0 Å². The van der Waals surface area contributed by atoms with Crippen molar-refractivity contribution in [3.8, 4) is 0 Å². The van der Waals surface area contributed by atoms with Crippen LogP contribution in [-0.4, -0.2) is 49.2 Å². The number of hydrazine groups is 1. The first-order chi connectivity index (χ1) is 8.44. The Morgan fingerprint density at radius 2 is 2.28 bits per heavy atom. The average Bonchev–Trinajstić information content (AvgIpc) is 2.72. The van der Waals surface area contributed by atoms with Crippen LogP contribution >= 0.6 is 11.8 Å². The van der Waals surface area contributed by atoms with Crippen LogP contribution in [-0.2, 0) is 9.59 Å². The van der Waals surface area contributed by atoms with Gasteiger partial charge in [-0.2, -0.15) is 0 Å². The monoisotopic (exact) mass is 277 g/mol. The number of carboxylic acid groups (broad SMARTS) is 1. The zero-order valence-electron chi connectivity index (χ0n) is 9.90. The SMILES string of the molecule is CC(=O)SCCC1(C(=O)O)CCCN1[N+]([O-])=NO. The zero-order valence-corrected chi connectivity index (χ0v) is 10.7. The minimum absolute atomic E-state index is 0.0977. The van der Waals surface area contributed by atoms with Gasteiger partial charge in [-0.25, -0.2) is 4.79 Å². The summed E-state index contributed by atoms with van der Waals surface area (Å²) >= 11 is 1.01. The fourth-order valence-electron chi connectivity index (χ4n) is 2.10. The molecule has 2 N–H and O–H groups in total. The standard InChI is InChI=1S/C9H15N3O5S/c1-7(13)18-6-4-9(8(14)15)3-2-5-11(9)12(17)10-16/h16H,2-6H2,1H3,(H,14,15). The van der Waals surface area contributed by atoms with Crippen molar-refractivity contribution < 1.29 is 24.9 Å². The van der Waals surface area contributed by atoms with E-state index >= 15 is 0 Å². The molecule has 0 saturated carbocycles. The van der Waals surface area contributed by atoms with Crippen molar-refractivity contribution in [1.82, 2.24) is 5.01 Å². The second-order valence-corrected chi connectivity index (χ2v) is 5.27. The summed E-state index contributed by atoms with van der Waals surface area (Å²) in [5.41, 5.74) is -1.39. The van der Waals surface area contributed by atoms with E-state index in [1.165, 1.54) is 6.92 Å². The molecule has 1 saturated heterocycles. The van der Waals surface area contributed by atoms with E-state index in [0.29, 0.717) is 12.2 Å². The summed E-state index contributed by atoms with van der Waals surface area (Å²) in [7, 11) is 0. The second-order valence-electron chi connectivity index (χ2n) is 4.00. The minimum Gasteiger partial charge on any atom is -0.569 e. The first-order valence-electron chi connectivity index (χ1n) is 5.40. The van der Waals surface area contributed by atoms with Crippen molar-refractivity contribution in [2.24, 2.45) is 5.28 Å². The van der Waals surface area contributed by atoms with Crippen LogP contribution in [0, 0.1) is 5.21 Å². The molecule has 1 atom stereocenters. The third-order valence-electron chi connectivity index (χ3n) is 2.96. The van der Waals surface area contributed by atoms with Crippen LogP contribution in [0.4, 0.5) is 0 Å². The third-order valence-corrected chi connectivity index (χ3v) is 3.77. The van der Waals surface area contributed by atoms with Crippen LogP contribution < -0.4 is 0 Å². The quantitative estimate of drug-likeness (QED) is 0.434. The molecule has 1 fully saturated rings. The first kappa shape index (κ1) is 14.6. The van der Waals surface area contributed by atoms with Gasteiger partial charge in [0, 0.05) is 12.7 Å². The second kappa shape index (κ2) is 5.89. The van der Waals surface area contributed by atoms with E-state index < -0.39 is 11.5 Å². The molecule has 8 nitrogen and oxygen atoms in total. The molecule has 0 bridgehead atoms. The lowest BCUT2D eigenvalue weighted by Gasteiger charge is -2.29. The number of nitrogens with zero attached hydrogens (tertiary/aromatic N) is 3. The van der Waals surface area contributed by atoms with Crippen LogP contribution in [0.2, 0.25) is 0 Å². The molecule has 9 heteroatoms. The highest BCUT2D eigenvalue weighted by atomic mass is 32.2. The summed E-state index contributed by atoms with van der Waals surface area (Å²) in [6.45, 7) is 1.61. The Balaban J connectivity index is 2.85. The summed E-state index contributed by atoms with van der Waals surface area (Å²) in [5.74, 6) is -0.842. The number of aliphatic carboxylic acids is 1. The Bertz CT molecular complexity index is 375. The highest BCUT2D eigenvalue weighted by Gasteiger charge is 2.53. The van der Waals surface area contributed by atoms with E-state index in [9.17, 15) is 19.9 Å². The van der Waals surface area contributed by atoms with Gasteiger partial charge in [-0.1, -0.05) is 11.8 Å². The number of hydrogen-bond acceptors (Lipinski definition) is 5. The molecule has 18 heavy (non-hydrogen) atoms. The Labute approximate surface area is 108 Å². The maximum Gasteiger partial charge on any atom is 0.335 e. The van der Waals surface area contributed by atoms with Crippen LogP contribution in [0.1, 0.15) is 26.2 Å². The molecule has 0 aliphatic carbocycles. The van der Waals surface area contributed by atoms with Gasteiger partial charge in [0.15, 0.2) is 10.7 Å². The van der Waals surface area contributed by atoms with Crippen molar-refractivity contribution in [2.45, 2.75) is 31.7 Å². The molecular weight excluding hydrogens is 262 g/mol. The van der Waals surface area contributed by atoms with Gasteiger partial charge in [-0.05, 0) is 19.3 Å². The number of rotatable bonds is 5. The highest BCUT2D eigenvalue weighted by Crippen LogP contribution is 2.34.